The van der Waals surface area contributed by atoms with Crippen molar-refractivity contribution in [2.24, 2.45) is 0 Å². The summed E-state index contributed by atoms with van der Waals surface area (Å²) >= 11 is 0. The van der Waals surface area contributed by atoms with Crippen LogP contribution in [-0.4, -0.2) is 34.9 Å². The van der Waals surface area contributed by atoms with E-state index >= 15 is 0 Å². The van der Waals surface area contributed by atoms with Crippen LogP contribution in [0.3, 0.4) is 0 Å². The predicted molar refractivity (Wildman–Crippen MR) is 234 cm³/mol. The lowest BCUT2D eigenvalue weighted by molar-refractivity contribution is 1.06. The van der Waals surface area contributed by atoms with E-state index in [-0.39, 0.29) is 0 Å². The number of benzene rings is 6. The second-order valence-electron chi connectivity index (χ2n) is 14.2. The molecule has 0 radical (unpaired) electrons. The third kappa shape index (κ3) is 6.08. The van der Waals surface area contributed by atoms with Crippen LogP contribution in [0.25, 0.3) is 111 Å². The maximum Gasteiger partial charge on any atom is 0.182 e. The van der Waals surface area contributed by atoms with Crippen LogP contribution in [0.5, 0.6) is 0 Å². The SMILES string of the molecule is c1ccc(-c2nc(-c3ccccc3)nc(-c3ccc4cc(-c5ccc6nc(-c7ccc(-c8cc9cccnc9c9ncccc89)cc7)ccc6c5)ccc4n3)n2)cc1. The summed E-state index contributed by atoms with van der Waals surface area (Å²) in [6.45, 7) is 0. The van der Waals surface area contributed by atoms with Gasteiger partial charge in [-0.1, -0.05) is 121 Å². The van der Waals surface area contributed by atoms with E-state index in [1.807, 2.05) is 91.3 Å². The van der Waals surface area contributed by atoms with Gasteiger partial charge in [0.05, 0.1) is 27.8 Å². The highest BCUT2D eigenvalue weighted by molar-refractivity contribution is 6.10. The van der Waals surface area contributed by atoms with Gasteiger partial charge in [0.25, 0.3) is 0 Å². The van der Waals surface area contributed by atoms with Gasteiger partial charge < -0.3 is 0 Å². The molecule has 7 nitrogen and oxygen atoms in total. The minimum absolute atomic E-state index is 0.532. The van der Waals surface area contributed by atoms with Gasteiger partial charge in [-0.15, -0.1) is 0 Å². The van der Waals surface area contributed by atoms with E-state index in [2.05, 4.69) is 107 Å². The molecule has 0 bridgehead atoms. The fourth-order valence-electron chi connectivity index (χ4n) is 7.65. The van der Waals surface area contributed by atoms with Gasteiger partial charge in [-0.3, -0.25) is 9.97 Å². The van der Waals surface area contributed by atoms with Crippen molar-refractivity contribution in [1.29, 1.82) is 0 Å². The second-order valence-corrected chi connectivity index (χ2v) is 14.2. The van der Waals surface area contributed by atoms with E-state index in [1.54, 1.807) is 0 Å². The lowest BCUT2D eigenvalue weighted by Gasteiger charge is -2.11. The van der Waals surface area contributed by atoms with Gasteiger partial charge in [0, 0.05) is 50.6 Å². The lowest BCUT2D eigenvalue weighted by Crippen LogP contribution is -2.01. The molecule has 0 N–H and O–H groups in total. The molecule has 11 aromatic rings. The first-order valence-corrected chi connectivity index (χ1v) is 19.1. The Hall–Kier alpha value is -8.03. The molecule has 0 aliphatic heterocycles. The van der Waals surface area contributed by atoms with Gasteiger partial charge in [-0.05, 0) is 76.9 Å². The standard InChI is InChI=1S/C51H31N7/c1-3-9-34(10-4-1)49-56-50(35-11-5-2-6-12-35)58-51(57-49)46-26-22-39-30-37(20-24-45(39)55-46)36-19-23-44-38(29-36)21-25-43(54-44)33-17-15-32(16-18-33)42-31-40-13-7-27-52-47(40)48-41(42)14-8-28-53-48/h1-31H. The van der Waals surface area contributed by atoms with Crippen molar-refractivity contribution in [3.63, 3.8) is 0 Å². The molecule has 270 valence electrons. The molecule has 5 heterocycles. The average Bonchev–Trinajstić information content (AvgIpc) is 3.31. The summed E-state index contributed by atoms with van der Waals surface area (Å²) in [7, 11) is 0. The molecule has 0 aliphatic rings. The Morgan fingerprint density at radius 1 is 0.293 bits per heavy atom. The van der Waals surface area contributed by atoms with Gasteiger partial charge in [-0.25, -0.2) is 24.9 Å². The molecule has 7 heteroatoms. The Balaban J connectivity index is 0.879. The Labute approximate surface area is 333 Å². The fraction of sp³-hybridized carbons (Fsp3) is 0. The summed E-state index contributed by atoms with van der Waals surface area (Å²) < 4.78 is 0. The van der Waals surface area contributed by atoms with Crippen LogP contribution in [0.2, 0.25) is 0 Å². The fourth-order valence-corrected chi connectivity index (χ4v) is 7.65. The summed E-state index contributed by atoms with van der Waals surface area (Å²) in [4.78, 5) is 33.9. The molecule has 0 spiro atoms. The maximum atomic E-state index is 5.07. The van der Waals surface area contributed by atoms with Gasteiger partial charge in [0.2, 0.25) is 0 Å². The monoisotopic (exact) mass is 741 g/mol. The van der Waals surface area contributed by atoms with E-state index in [1.165, 1.54) is 0 Å². The molecule has 0 atom stereocenters. The molecular weight excluding hydrogens is 711 g/mol. The Bertz CT molecular complexity index is 3270. The highest BCUT2D eigenvalue weighted by atomic mass is 15.0. The molecule has 5 aromatic heterocycles. The molecule has 58 heavy (non-hydrogen) atoms. The molecule has 6 aromatic carbocycles. The number of aromatic nitrogens is 7. The summed E-state index contributed by atoms with van der Waals surface area (Å²) in [5.74, 6) is 1.75. The molecule has 0 fully saturated rings. The van der Waals surface area contributed by atoms with Gasteiger partial charge in [0.15, 0.2) is 17.5 Å². The van der Waals surface area contributed by atoms with Crippen molar-refractivity contribution < 1.29 is 0 Å². The number of hydrogen-bond donors (Lipinski definition) is 0. The Morgan fingerprint density at radius 3 is 1.48 bits per heavy atom. The third-order valence-electron chi connectivity index (χ3n) is 10.6. The van der Waals surface area contributed by atoms with Gasteiger partial charge >= 0.3 is 0 Å². The molecule has 11 rings (SSSR count). The van der Waals surface area contributed by atoms with E-state index in [0.29, 0.717) is 23.2 Å². The normalized spacial score (nSPS) is 11.4. The quantitative estimate of drug-likeness (QED) is 0.157. The number of pyridine rings is 4. The molecule has 0 amide bonds. The molecule has 0 unspecified atom stereocenters. The number of fused-ring (bicyclic) bond motifs is 5. The third-order valence-corrected chi connectivity index (χ3v) is 10.6. The highest BCUT2D eigenvalue weighted by Gasteiger charge is 2.15. The van der Waals surface area contributed by atoms with Crippen molar-refractivity contribution in [3.05, 3.63) is 188 Å². The van der Waals surface area contributed by atoms with Crippen molar-refractivity contribution in [2.45, 2.75) is 0 Å². The smallest absolute Gasteiger partial charge is 0.182 e. The van der Waals surface area contributed by atoms with Crippen LogP contribution in [-0.2, 0) is 0 Å². The van der Waals surface area contributed by atoms with Crippen molar-refractivity contribution >= 4 is 43.6 Å². The van der Waals surface area contributed by atoms with Crippen molar-refractivity contribution in [2.75, 3.05) is 0 Å². The summed E-state index contributed by atoms with van der Waals surface area (Å²) in [5.41, 5.74) is 12.6. The van der Waals surface area contributed by atoms with Crippen LogP contribution in [0, 0.1) is 0 Å². The largest absolute Gasteiger partial charge is 0.254 e. The van der Waals surface area contributed by atoms with Crippen LogP contribution in [0.15, 0.2) is 188 Å². The van der Waals surface area contributed by atoms with E-state index in [9.17, 15) is 0 Å². The zero-order valence-corrected chi connectivity index (χ0v) is 31.0. The zero-order valence-electron chi connectivity index (χ0n) is 31.0. The first kappa shape index (κ1) is 33.3. The average molecular weight is 742 g/mol. The Kier molecular flexibility index (Phi) is 8.00. The molecular formula is C51H31N7. The van der Waals surface area contributed by atoms with Crippen LogP contribution in [0.1, 0.15) is 0 Å². The van der Waals surface area contributed by atoms with Gasteiger partial charge in [0.1, 0.15) is 5.69 Å². The van der Waals surface area contributed by atoms with Crippen molar-refractivity contribution in [3.8, 4) is 67.8 Å². The van der Waals surface area contributed by atoms with E-state index in [0.717, 1.165) is 88.2 Å². The van der Waals surface area contributed by atoms with Crippen LogP contribution >= 0.6 is 0 Å². The molecule has 0 aliphatic carbocycles. The number of nitrogens with zero attached hydrogens (tertiary/aromatic N) is 7. The zero-order chi connectivity index (χ0) is 38.4. The van der Waals surface area contributed by atoms with E-state index in [4.69, 9.17) is 24.9 Å². The number of rotatable bonds is 6. The van der Waals surface area contributed by atoms with Crippen molar-refractivity contribution in [1.82, 2.24) is 34.9 Å². The first-order chi connectivity index (χ1) is 28.7. The van der Waals surface area contributed by atoms with E-state index < -0.39 is 0 Å². The topological polar surface area (TPSA) is 90.2 Å². The van der Waals surface area contributed by atoms with Crippen LogP contribution < -0.4 is 0 Å². The maximum absolute atomic E-state index is 5.07. The lowest BCUT2D eigenvalue weighted by atomic mass is 9.96. The predicted octanol–water partition coefficient (Wildman–Crippen LogP) is 12.1. The minimum Gasteiger partial charge on any atom is -0.254 e. The van der Waals surface area contributed by atoms with Crippen LogP contribution in [0.4, 0.5) is 0 Å². The Morgan fingerprint density at radius 2 is 0.828 bits per heavy atom. The second kappa shape index (κ2) is 13.9. The van der Waals surface area contributed by atoms with Gasteiger partial charge in [-0.2, -0.15) is 0 Å². The first-order valence-electron chi connectivity index (χ1n) is 19.1. The molecule has 0 saturated carbocycles. The number of hydrogen-bond acceptors (Lipinski definition) is 7. The minimum atomic E-state index is 0.532. The highest BCUT2D eigenvalue weighted by Crippen LogP contribution is 2.35. The summed E-state index contributed by atoms with van der Waals surface area (Å²) in [6.07, 6.45) is 3.65. The summed E-state index contributed by atoms with van der Waals surface area (Å²) in [6, 6.07) is 60.1. The summed E-state index contributed by atoms with van der Waals surface area (Å²) in [5, 5.41) is 4.27. The molecule has 0 saturated heterocycles.